The number of carbonyl (C=O) groups is 2. The smallest absolute Gasteiger partial charge is 0.270 e. The Kier molecular flexibility index (Phi) is 5.28. The van der Waals surface area contributed by atoms with E-state index in [1.165, 1.54) is 24.3 Å². The number of hydrogen-bond donors (Lipinski definition) is 3. The highest BCUT2D eigenvalue weighted by molar-refractivity contribution is 5.97. The van der Waals surface area contributed by atoms with Crippen molar-refractivity contribution >= 4 is 17.5 Å². The fraction of sp³-hybridized carbons (Fsp3) is 0.467. The van der Waals surface area contributed by atoms with Gasteiger partial charge in [-0.05, 0) is 31.7 Å². The minimum Gasteiger partial charge on any atom is -0.353 e. The van der Waals surface area contributed by atoms with Crippen molar-refractivity contribution in [3.63, 3.8) is 0 Å². The first-order valence-corrected chi connectivity index (χ1v) is 7.47. The second-order valence-corrected chi connectivity index (χ2v) is 5.75. The molecule has 2 atom stereocenters. The summed E-state index contributed by atoms with van der Waals surface area (Å²) in [5.41, 5.74) is 5.86. The summed E-state index contributed by atoms with van der Waals surface area (Å²) in [6.07, 6.45) is 2.19. The zero-order valence-electron chi connectivity index (χ0n) is 12.8. The van der Waals surface area contributed by atoms with E-state index in [0.717, 1.165) is 12.8 Å². The third-order valence-electron chi connectivity index (χ3n) is 3.80. The van der Waals surface area contributed by atoms with Gasteiger partial charge < -0.3 is 16.4 Å². The third-order valence-corrected chi connectivity index (χ3v) is 3.80. The molecule has 1 aromatic rings. The molecule has 0 saturated heterocycles. The molecular weight excluding hydrogens is 300 g/mol. The molecular formula is C15H20N4O4. The Morgan fingerprint density at radius 1 is 1.43 bits per heavy atom. The summed E-state index contributed by atoms with van der Waals surface area (Å²) in [4.78, 5) is 34.1. The van der Waals surface area contributed by atoms with Crippen LogP contribution < -0.4 is 16.4 Å². The van der Waals surface area contributed by atoms with Crippen LogP contribution in [0.4, 0.5) is 5.69 Å². The van der Waals surface area contributed by atoms with E-state index < -0.39 is 16.9 Å². The van der Waals surface area contributed by atoms with E-state index in [4.69, 9.17) is 5.73 Å². The molecule has 1 aliphatic carbocycles. The van der Waals surface area contributed by atoms with Crippen LogP contribution in [0.1, 0.15) is 30.1 Å². The van der Waals surface area contributed by atoms with Crippen LogP contribution in [0.15, 0.2) is 24.3 Å². The second-order valence-electron chi connectivity index (χ2n) is 5.75. The average Bonchev–Trinajstić information content (AvgIpc) is 3.37. The van der Waals surface area contributed by atoms with E-state index in [1.54, 1.807) is 6.92 Å². The number of nitrogens with two attached hydrogens (primary N) is 1. The van der Waals surface area contributed by atoms with Gasteiger partial charge in [0, 0.05) is 30.3 Å². The Labute approximate surface area is 133 Å². The van der Waals surface area contributed by atoms with Gasteiger partial charge in [-0.3, -0.25) is 19.7 Å². The highest BCUT2D eigenvalue weighted by Gasteiger charge is 2.29. The molecule has 124 valence electrons. The normalized spacial score (nSPS) is 16.3. The molecule has 0 heterocycles. The molecule has 1 aliphatic rings. The standard InChI is InChI=1S/C15H20N4O4/c1-9(14(20)17-8-13(16)10-5-6-10)18-15(21)11-3-2-4-12(7-11)19(22)23/h2-4,7,9-10,13H,5-6,8,16H2,1H3,(H,17,20)(H,18,21). The van der Waals surface area contributed by atoms with Gasteiger partial charge in [0.05, 0.1) is 4.92 Å². The molecule has 0 radical (unpaired) electrons. The summed E-state index contributed by atoms with van der Waals surface area (Å²) in [6.45, 7) is 1.92. The molecule has 4 N–H and O–H groups in total. The number of nitrogens with zero attached hydrogens (tertiary/aromatic N) is 1. The molecule has 0 aliphatic heterocycles. The number of amides is 2. The van der Waals surface area contributed by atoms with Crippen molar-refractivity contribution in [2.75, 3.05) is 6.54 Å². The number of nitrogens with one attached hydrogen (secondary N) is 2. The van der Waals surface area contributed by atoms with Crippen molar-refractivity contribution in [2.24, 2.45) is 11.7 Å². The summed E-state index contributed by atoms with van der Waals surface area (Å²) >= 11 is 0. The minimum atomic E-state index is -0.756. The molecule has 1 saturated carbocycles. The number of carbonyl (C=O) groups excluding carboxylic acids is 2. The first-order valence-electron chi connectivity index (χ1n) is 7.47. The molecule has 2 rings (SSSR count). The highest BCUT2D eigenvalue weighted by Crippen LogP contribution is 2.31. The fourth-order valence-corrected chi connectivity index (χ4v) is 2.17. The summed E-state index contributed by atoms with van der Waals surface area (Å²) in [5, 5.41) is 15.9. The van der Waals surface area contributed by atoms with Gasteiger partial charge in [-0.1, -0.05) is 6.07 Å². The maximum Gasteiger partial charge on any atom is 0.270 e. The van der Waals surface area contributed by atoms with Gasteiger partial charge in [0.15, 0.2) is 0 Å². The summed E-state index contributed by atoms with van der Waals surface area (Å²) in [6, 6.07) is 4.53. The zero-order valence-corrected chi connectivity index (χ0v) is 12.8. The van der Waals surface area contributed by atoms with Crippen molar-refractivity contribution < 1.29 is 14.5 Å². The van der Waals surface area contributed by atoms with E-state index in [2.05, 4.69) is 10.6 Å². The van der Waals surface area contributed by atoms with E-state index >= 15 is 0 Å². The molecule has 23 heavy (non-hydrogen) atoms. The first-order chi connectivity index (χ1) is 10.9. The van der Waals surface area contributed by atoms with Crippen LogP contribution in [0, 0.1) is 16.0 Å². The lowest BCUT2D eigenvalue weighted by Gasteiger charge is -2.16. The van der Waals surface area contributed by atoms with Gasteiger partial charge in [0.2, 0.25) is 5.91 Å². The summed E-state index contributed by atoms with van der Waals surface area (Å²) in [5.74, 6) is -0.396. The Hall–Kier alpha value is -2.48. The Morgan fingerprint density at radius 2 is 2.13 bits per heavy atom. The number of non-ortho nitro benzene ring substituents is 1. The van der Waals surface area contributed by atoms with Crippen molar-refractivity contribution in [3.05, 3.63) is 39.9 Å². The average molecular weight is 320 g/mol. The van der Waals surface area contributed by atoms with Crippen molar-refractivity contribution in [1.82, 2.24) is 10.6 Å². The number of nitro benzene ring substituents is 1. The monoisotopic (exact) mass is 320 g/mol. The molecule has 8 heteroatoms. The molecule has 2 amide bonds. The van der Waals surface area contributed by atoms with E-state index in [-0.39, 0.29) is 23.2 Å². The Balaban J connectivity index is 1.86. The third kappa shape index (κ3) is 4.75. The van der Waals surface area contributed by atoms with Gasteiger partial charge in [0.1, 0.15) is 6.04 Å². The van der Waals surface area contributed by atoms with Gasteiger partial charge in [-0.15, -0.1) is 0 Å². The number of hydrogen-bond acceptors (Lipinski definition) is 5. The number of rotatable bonds is 7. The molecule has 8 nitrogen and oxygen atoms in total. The predicted octanol–water partition coefficient (Wildman–Crippen LogP) is 0.567. The predicted molar refractivity (Wildman–Crippen MR) is 83.7 cm³/mol. The Morgan fingerprint density at radius 3 is 2.74 bits per heavy atom. The second kappa shape index (κ2) is 7.19. The first kappa shape index (κ1) is 16.9. The highest BCUT2D eigenvalue weighted by atomic mass is 16.6. The van der Waals surface area contributed by atoms with Crippen LogP contribution in [-0.2, 0) is 4.79 Å². The van der Waals surface area contributed by atoms with E-state index in [9.17, 15) is 19.7 Å². The minimum absolute atomic E-state index is 0.0568. The van der Waals surface area contributed by atoms with Crippen LogP contribution in [0.5, 0.6) is 0 Å². The maximum atomic E-state index is 12.1. The molecule has 0 spiro atoms. The largest absolute Gasteiger partial charge is 0.353 e. The summed E-state index contributed by atoms with van der Waals surface area (Å²) in [7, 11) is 0. The van der Waals surface area contributed by atoms with E-state index in [0.29, 0.717) is 12.5 Å². The molecule has 0 aromatic heterocycles. The molecule has 0 bridgehead atoms. The van der Waals surface area contributed by atoms with Crippen molar-refractivity contribution in [2.45, 2.75) is 31.8 Å². The quantitative estimate of drug-likeness (QED) is 0.500. The van der Waals surface area contributed by atoms with Gasteiger partial charge in [-0.25, -0.2) is 0 Å². The SMILES string of the molecule is CC(NC(=O)c1cccc([N+](=O)[O-])c1)C(=O)NCC(N)C1CC1. The van der Waals surface area contributed by atoms with Crippen LogP contribution in [0.2, 0.25) is 0 Å². The molecule has 1 fully saturated rings. The number of benzene rings is 1. The van der Waals surface area contributed by atoms with Crippen LogP contribution in [0.25, 0.3) is 0 Å². The zero-order chi connectivity index (χ0) is 17.0. The molecule has 2 unspecified atom stereocenters. The van der Waals surface area contributed by atoms with Crippen LogP contribution in [0.3, 0.4) is 0 Å². The molecule has 1 aromatic carbocycles. The van der Waals surface area contributed by atoms with Gasteiger partial charge in [0.25, 0.3) is 11.6 Å². The lowest BCUT2D eigenvalue weighted by Crippen LogP contribution is -2.48. The summed E-state index contributed by atoms with van der Waals surface area (Å²) < 4.78 is 0. The van der Waals surface area contributed by atoms with Crippen LogP contribution >= 0.6 is 0 Å². The fourth-order valence-electron chi connectivity index (χ4n) is 2.17. The van der Waals surface area contributed by atoms with E-state index in [1.807, 2.05) is 0 Å². The number of nitro groups is 1. The topological polar surface area (TPSA) is 127 Å². The Bertz CT molecular complexity index is 615. The van der Waals surface area contributed by atoms with Crippen LogP contribution in [-0.4, -0.2) is 35.4 Å². The van der Waals surface area contributed by atoms with Gasteiger partial charge >= 0.3 is 0 Å². The van der Waals surface area contributed by atoms with Crippen molar-refractivity contribution in [3.8, 4) is 0 Å². The lowest BCUT2D eigenvalue weighted by atomic mass is 10.1. The van der Waals surface area contributed by atoms with Gasteiger partial charge in [-0.2, -0.15) is 0 Å². The van der Waals surface area contributed by atoms with Crippen molar-refractivity contribution in [1.29, 1.82) is 0 Å². The lowest BCUT2D eigenvalue weighted by molar-refractivity contribution is -0.384. The maximum absolute atomic E-state index is 12.1.